The first-order chi connectivity index (χ1) is 7.09. The summed E-state index contributed by atoms with van der Waals surface area (Å²) < 4.78 is 0. The summed E-state index contributed by atoms with van der Waals surface area (Å²) in [5.74, 6) is 0.364. The van der Waals surface area contributed by atoms with Gasteiger partial charge in [0.1, 0.15) is 5.65 Å². The quantitative estimate of drug-likeness (QED) is 0.619. The van der Waals surface area contributed by atoms with E-state index in [0.29, 0.717) is 17.0 Å². The van der Waals surface area contributed by atoms with E-state index < -0.39 is 7.12 Å². The maximum Gasteiger partial charge on any atom is 0.489 e. The van der Waals surface area contributed by atoms with Crippen molar-refractivity contribution in [1.29, 1.82) is 0 Å². The predicted octanol–water partition coefficient (Wildman–Crippen LogP) is 0.366. The molecule has 78 valence electrons. The number of aromatic amines is 1. The standard InChI is InChI=1S/C10H13BN2O2/c1-6(2)9-5-7-8(11(14)15)3-4-12-10(7)13-9/h3-6,14-15H,1-2H3,(H,12,13). The van der Waals surface area contributed by atoms with Crippen LogP contribution in [0.3, 0.4) is 0 Å². The van der Waals surface area contributed by atoms with Crippen LogP contribution in [0.15, 0.2) is 18.3 Å². The average Bonchev–Trinajstić information content (AvgIpc) is 2.60. The summed E-state index contributed by atoms with van der Waals surface area (Å²) in [7, 11) is -1.45. The molecular weight excluding hydrogens is 191 g/mol. The molecule has 0 aromatic carbocycles. The van der Waals surface area contributed by atoms with Gasteiger partial charge in [-0.2, -0.15) is 0 Å². The zero-order valence-corrected chi connectivity index (χ0v) is 8.73. The number of H-pyrrole nitrogens is 1. The van der Waals surface area contributed by atoms with Gasteiger partial charge in [0.05, 0.1) is 0 Å². The zero-order valence-electron chi connectivity index (χ0n) is 8.73. The number of pyridine rings is 1. The summed E-state index contributed by atoms with van der Waals surface area (Å²) in [5.41, 5.74) is 2.23. The van der Waals surface area contributed by atoms with Gasteiger partial charge in [0.25, 0.3) is 0 Å². The van der Waals surface area contributed by atoms with Gasteiger partial charge in [-0.15, -0.1) is 0 Å². The van der Waals surface area contributed by atoms with Gasteiger partial charge in [0.15, 0.2) is 0 Å². The highest BCUT2D eigenvalue weighted by molar-refractivity contribution is 6.61. The molecule has 5 heteroatoms. The summed E-state index contributed by atoms with van der Waals surface area (Å²) in [5, 5.41) is 19.1. The fraction of sp³-hybridized carbons (Fsp3) is 0.300. The van der Waals surface area contributed by atoms with Crippen LogP contribution in [0.2, 0.25) is 0 Å². The summed E-state index contributed by atoms with van der Waals surface area (Å²) in [6.07, 6.45) is 1.57. The largest absolute Gasteiger partial charge is 0.489 e. The number of nitrogens with zero attached hydrogens (tertiary/aromatic N) is 1. The molecule has 0 aliphatic carbocycles. The predicted molar refractivity (Wildman–Crippen MR) is 60.0 cm³/mol. The number of aromatic nitrogens is 2. The first-order valence-electron chi connectivity index (χ1n) is 4.93. The molecule has 0 atom stereocenters. The van der Waals surface area contributed by atoms with Crippen LogP contribution >= 0.6 is 0 Å². The Morgan fingerprint density at radius 2 is 2.13 bits per heavy atom. The molecule has 0 amide bonds. The SMILES string of the molecule is CC(C)c1cc2c(B(O)O)ccnc2[nH]1. The fourth-order valence-corrected chi connectivity index (χ4v) is 1.60. The van der Waals surface area contributed by atoms with Gasteiger partial charge in [-0.1, -0.05) is 13.8 Å². The molecule has 0 aliphatic rings. The molecule has 0 fully saturated rings. The molecule has 0 aliphatic heterocycles. The fourth-order valence-electron chi connectivity index (χ4n) is 1.60. The van der Waals surface area contributed by atoms with Gasteiger partial charge < -0.3 is 15.0 Å². The number of nitrogens with one attached hydrogen (secondary N) is 1. The van der Waals surface area contributed by atoms with E-state index in [1.165, 1.54) is 0 Å². The Balaban J connectivity index is 2.64. The van der Waals surface area contributed by atoms with Crippen molar-refractivity contribution in [1.82, 2.24) is 9.97 Å². The van der Waals surface area contributed by atoms with Crippen molar-refractivity contribution >= 4 is 23.6 Å². The Bertz CT molecular complexity index is 479. The second kappa shape index (κ2) is 3.68. The number of hydrogen-bond acceptors (Lipinski definition) is 3. The van der Waals surface area contributed by atoms with E-state index >= 15 is 0 Å². The summed E-state index contributed by atoms with van der Waals surface area (Å²) >= 11 is 0. The molecule has 4 nitrogen and oxygen atoms in total. The summed E-state index contributed by atoms with van der Waals surface area (Å²) in [4.78, 5) is 7.31. The van der Waals surface area contributed by atoms with Gasteiger partial charge >= 0.3 is 7.12 Å². The Kier molecular flexibility index (Phi) is 2.50. The average molecular weight is 204 g/mol. The minimum absolute atomic E-state index is 0.364. The molecule has 2 aromatic rings. The third kappa shape index (κ3) is 1.76. The lowest BCUT2D eigenvalue weighted by Crippen LogP contribution is -2.30. The van der Waals surface area contributed by atoms with Crippen molar-refractivity contribution in [2.75, 3.05) is 0 Å². The second-order valence-electron chi connectivity index (χ2n) is 3.92. The van der Waals surface area contributed by atoms with Crippen molar-refractivity contribution in [3.63, 3.8) is 0 Å². The number of rotatable bonds is 2. The van der Waals surface area contributed by atoms with Crippen molar-refractivity contribution in [3.8, 4) is 0 Å². The lowest BCUT2D eigenvalue weighted by Gasteiger charge is -1.99. The van der Waals surface area contributed by atoms with Crippen molar-refractivity contribution in [2.24, 2.45) is 0 Å². The highest BCUT2D eigenvalue weighted by Gasteiger charge is 2.17. The molecule has 3 N–H and O–H groups in total. The van der Waals surface area contributed by atoms with Gasteiger partial charge in [-0.05, 0) is 23.5 Å². The minimum Gasteiger partial charge on any atom is -0.423 e. The van der Waals surface area contributed by atoms with Crippen LogP contribution in [-0.2, 0) is 0 Å². The summed E-state index contributed by atoms with van der Waals surface area (Å²) in [6, 6.07) is 3.53. The molecular formula is C10H13BN2O2. The van der Waals surface area contributed by atoms with E-state index in [9.17, 15) is 10.0 Å². The lowest BCUT2D eigenvalue weighted by atomic mass is 9.79. The molecule has 2 aromatic heterocycles. The zero-order chi connectivity index (χ0) is 11.0. The summed E-state index contributed by atoms with van der Waals surface area (Å²) in [6.45, 7) is 4.14. The third-order valence-corrected chi connectivity index (χ3v) is 2.49. The number of fused-ring (bicyclic) bond motifs is 1. The normalized spacial score (nSPS) is 11.3. The lowest BCUT2D eigenvalue weighted by molar-refractivity contribution is 0.426. The van der Waals surface area contributed by atoms with E-state index in [2.05, 4.69) is 23.8 Å². The Labute approximate surface area is 88.1 Å². The van der Waals surface area contributed by atoms with Crippen molar-refractivity contribution < 1.29 is 10.0 Å². The van der Waals surface area contributed by atoms with Gasteiger partial charge in [0.2, 0.25) is 0 Å². The number of hydrogen-bond donors (Lipinski definition) is 3. The van der Waals surface area contributed by atoms with Crippen LogP contribution in [0.4, 0.5) is 0 Å². The monoisotopic (exact) mass is 204 g/mol. The second-order valence-corrected chi connectivity index (χ2v) is 3.92. The van der Waals surface area contributed by atoms with Crippen LogP contribution < -0.4 is 5.46 Å². The smallest absolute Gasteiger partial charge is 0.423 e. The van der Waals surface area contributed by atoms with Crippen LogP contribution in [0.1, 0.15) is 25.5 Å². The van der Waals surface area contributed by atoms with Crippen LogP contribution in [0, 0.1) is 0 Å². The van der Waals surface area contributed by atoms with E-state index in [-0.39, 0.29) is 0 Å². The molecule has 0 radical (unpaired) electrons. The highest BCUT2D eigenvalue weighted by atomic mass is 16.4. The molecule has 2 heterocycles. The van der Waals surface area contributed by atoms with Crippen molar-refractivity contribution in [2.45, 2.75) is 19.8 Å². The third-order valence-electron chi connectivity index (χ3n) is 2.49. The maximum atomic E-state index is 9.18. The molecule has 0 unspecified atom stereocenters. The first-order valence-corrected chi connectivity index (χ1v) is 4.93. The molecule has 15 heavy (non-hydrogen) atoms. The van der Waals surface area contributed by atoms with E-state index in [0.717, 1.165) is 11.1 Å². The maximum absolute atomic E-state index is 9.18. The van der Waals surface area contributed by atoms with E-state index in [1.54, 1.807) is 12.3 Å². The Morgan fingerprint density at radius 3 is 2.73 bits per heavy atom. The van der Waals surface area contributed by atoms with E-state index in [1.807, 2.05) is 6.07 Å². The van der Waals surface area contributed by atoms with Gasteiger partial charge in [-0.3, -0.25) is 0 Å². The molecule has 0 bridgehead atoms. The van der Waals surface area contributed by atoms with Crippen molar-refractivity contribution in [3.05, 3.63) is 24.0 Å². The first kappa shape index (κ1) is 10.2. The topological polar surface area (TPSA) is 69.1 Å². The van der Waals surface area contributed by atoms with Gasteiger partial charge in [0, 0.05) is 17.3 Å². The van der Waals surface area contributed by atoms with E-state index in [4.69, 9.17) is 0 Å². The van der Waals surface area contributed by atoms with Gasteiger partial charge in [-0.25, -0.2) is 4.98 Å². The minimum atomic E-state index is -1.45. The molecule has 0 saturated carbocycles. The van der Waals surface area contributed by atoms with Crippen LogP contribution in [-0.4, -0.2) is 27.1 Å². The molecule has 2 rings (SSSR count). The molecule has 0 spiro atoms. The van der Waals surface area contributed by atoms with Crippen LogP contribution in [0.5, 0.6) is 0 Å². The Hall–Kier alpha value is -1.33. The van der Waals surface area contributed by atoms with Crippen LogP contribution in [0.25, 0.3) is 11.0 Å². The Morgan fingerprint density at radius 1 is 1.40 bits per heavy atom. The molecule has 0 saturated heterocycles. The highest BCUT2D eigenvalue weighted by Crippen LogP contribution is 2.18.